The lowest BCUT2D eigenvalue weighted by Crippen LogP contribution is -2.49. The van der Waals surface area contributed by atoms with Crippen molar-refractivity contribution < 1.29 is 18.0 Å². The van der Waals surface area contributed by atoms with Crippen LogP contribution in [0.5, 0.6) is 0 Å². The molecule has 1 atom stereocenters. The average molecular weight is 370 g/mol. The fraction of sp³-hybridized carbons (Fsp3) is 0.312. The first-order valence-electron chi connectivity index (χ1n) is 7.58. The largest absolute Gasteiger partial charge is 0.416 e. The molecule has 0 saturated carbocycles. The molecule has 1 aromatic heterocycles. The van der Waals surface area contributed by atoms with Crippen LogP contribution in [0, 0.1) is 0 Å². The molecule has 1 aliphatic rings. The zero-order valence-electron chi connectivity index (χ0n) is 13.3. The molecule has 0 aliphatic carbocycles. The summed E-state index contributed by atoms with van der Waals surface area (Å²) in [5, 5.41) is 5.60. The number of fused-ring (bicyclic) bond motifs is 1. The van der Waals surface area contributed by atoms with Gasteiger partial charge >= 0.3 is 6.18 Å². The molecule has 0 saturated heterocycles. The van der Waals surface area contributed by atoms with Crippen molar-refractivity contribution in [2.75, 3.05) is 11.9 Å². The molecule has 3 N–H and O–H groups in total. The van der Waals surface area contributed by atoms with Crippen molar-refractivity contribution in [3.63, 3.8) is 0 Å². The first kappa shape index (κ1) is 17.7. The lowest BCUT2D eigenvalue weighted by molar-refractivity contribution is -0.137. The van der Waals surface area contributed by atoms with E-state index in [0.29, 0.717) is 30.0 Å². The van der Waals surface area contributed by atoms with Crippen molar-refractivity contribution in [3.8, 4) is 0 Å². The van der Waals surface area contributed by atoms with E-state index >= 15 is 0 Å². The second-order valence-corrected chi connectivity index (χ2v) is 6.21. The van der Waals surface area contributed by atoms with Crippen LogP contribution in [0.4, 0.5) is 18.9 Å². The van der Waals surface area contributed by atoms with E-state index in [-0.39, 0.29) is 5.91 Å². The van der Waals surface area contributed by atoms with Gasteiger partial charge in [0.2, 0.25) is 0 Å². The molecule has 5 nitrogen and oxygen atoms in total. The predicted octanol–water partition coefficient (Wildman–Crippen LogP) is 2.72. The van der Waals surface area contributed by atoms with Crippen LogP contribution in [0.3, 0.4) is 0 Å². The number of aromatic nitrogens is 1. The zero-order chi connectivity index (χ0) is 18.2. The van der Waals surface area contributed by atoms with Gasteiger partial charge in [-0.15, -0.1) is 12.6 Å². The van der Waals surface area contributed by atoms with Gasteiger partial charge < -0.3 is 20.5 Å². The van der Waals surface area contributed by atoms with Crippen LogP contribution >= 0.6 is 12.6 Å². The highest BCUT2D eigenvalue weighted by molar-refractivity contribution is 7.81. The van der Waals surface area contributed by atoms with Gasteiger partial charge in [-0.1, -0.05) is 6.07 Å². The summed E-state index contributed by atoms with van der Waals surface area (Å²) in [5.41, 5.74) is 1.10. The highest BCUT2D eigenvalue weighted by Crippen LogP contribution is 2.33. The molecule has 0 radical (unpaired) electrons. The van der Waals surface area contributed by atoms with Gasteiger partial charge in [0, 0.05) is 19.3 Å². The Morgan fingerprint density at radius 3 is 2.72 bits per heavy atom. The van der Waals surface area contributed by atoms with Crippen LogP contribution in [0.1, 0.15) is 27.2 Å². The van der Waals surface area contributed by atoms with Crippen molar-refractivity contribution in [2.45, 2.75) is 24.8 Å². The maximum Gasteiger partial charge on any atom is 0.416 e. The summed E-state index contributed by atoms with van der Waals surface area (Å²) < 4.78 is 38.9. The number of rotatable bonds is 4. The van der Waals surface area contributed by atoms with Crippen molar-refractivity contribution in [1.82, 2.24) is 15.6 Å². The van der Waals surface area contributed by atoms with Gasteiger partial charge in [-0.2, -0.15) is 13.2 Å². The number of anilines is 1. The number of hydrogen-bond acceptors (Lipinski definition) is 4. The van der Waals surface area contributed by atoms with E-state index in [9.17, 15) is 18.0 Å². The molecule has 0 bridgehead atoms. The highest BCUT2D eigenvalue weighted by Gasteiger charge is 2.32. The highest BCUT2D eigenvalue weighted by atomic mass is 32.1. The normalized spacial score (nSPS) is 17.4. The second kappa shape index (κ2) is 6.64. The van der Waals surface area contributed by atoms with Gasteiger partial charge in [0.15, 0.2) is 0 Å². The Kier molecular flexibility index (Phi) is 4.70. The van der Waals surface area contributed by atoms with Gasteiger partial charge in [0.1, 0.15) is 11.2 Å². The van der Waals surface area contributed by atoms with Gasteiger partial charge in [-0.3, -0.25) is 4.79 Å². The SMILES string of the molecule is CNCc1cc(C(F)(F)F)ccc1CN1c2cc[nH]c2C(=O)NC1S. The summed E-state index contributed by atoms with van der Waals surface area (Å²) in [6, 6.07) is 5.44. The number of hydrogen-bond donors (Lipinski definition) is 4. The minimum Gasteiger partial charge on any atom is -0.355 e. The molecule has 134 valence electrons. The van der Waals surface area contributed by atoms with E-state index in [2.05, 4.69) is 28.2 Å². The Bertz CT molecular complexity index is 790. The minimum atomic E-state index is -4.39. The smallest absolute Gasteiger partial charge is 0.355 e. The number of aromatic amines is 1. The fourth-order valence-electron chi connectivity index (χ4n) is 2.85. The third-order valence-corrected chi connectivity index (χ3v) is 4.47. The molecule has 25 heavy (non-hydrogen) atoms. The maximum absolute atomic E-state index is 13.0. The number of H-pyrrole nitrogens is 1. The third-order valence-electron chi connectivity index (χ3n) is 4.06. The molecule has 1 aliphatic heterocycles. The molecule has 0 spiro atoms. The van der Waals surface area contributed by atoms with Crippen molar-refractivity contribution in [3.05, 3.63) is 52.8 Å². The fourth-order valence-corrected chi connectivity index (χ4v) is 3.17. The van der Waals surface area contributed by atoms with E-state index in [1.807, 2.05) is 4.90 Å². The number of halogens is 3. The van der Waals surface area contributed by atoms with Crippen LogP contribution in [0.25, 0.3) is 0 Å². The number of thiol groups is 1. The van der Waals surface area contributed by atoms with Gasteiger partial charge in [-0.25, -0.2) is 0 Å². The molecule has 3 rings (SSSR count). The topological polar surface area (TPSA) is 60.2 Å². The number of nitrogens with zero attached hydrogens (tertiary/aromatic N) is 1. The zero-order valence-corrected chi connectivity index (χ0v) is 14.2. The van der Waals surface area contributed by atoms with Crippen LogP contribution in [-0.4, -0.2) is 23.4 Å². The van der Waals surface area contributed by atoms with Crippen molar-refractivity contribution >= 4 is 24.2 Å². The molecular formula is C16H17F3N4OS. The van der Waals surface area contributed by atoms with E-state index in [0.717, 1.165) is 17.7 Å². The number of alkyl halides is 3. The van der Waals surface area contributed by atoms with E-state index in [1.165, 1.54) is 6.07 Å². The van der Waals surface area contributed by atoms with Crippen LogP contribution in [0.15, 0.2) is 30.5 Å². The van der Waals surface area contributed by atoms with E-state index in [1.54, 1.807) is 19.3 Å². The first-order valence-corrected chi connectivity index (χ1v) is 8.09. The molecule has 2 heterocycles. The molecular weight excluding hydrogens is 353 g/mol. The van der Waals surface area contributed by atoms with Gasteiger partial charge in [0.05, 0.1) is 11.3 Å². The van der Waals surface area contributed by atoms with Crippen LogP contribution in [0.2, 0.25) is 0 Å². The summed E-state index contributed by atoms with van der Waals surface area (Å²) in [6.07, 6.45) is -2.75. The van der Waals surface area contributed by atoms with E-state index < -0.39 is 17.2 Å². The molecule has 2 aromatic rings. The Labute approximate surface area is 148 Å². The lowest BCUT2D eigenvalue weighted by Gasteiger charge is -2.35. The summed E-state index contributed by atoms with van der Waals surface area (Å²) in [7, 11) is 1.68. The number of benzene rings is 1. The maximum atomic E-state index is 13.0. The Hall–Kier alpha value is -2.13. The quantitative estimate of drug-likeness (QED) is 0.626. The van der Waals surface area contributed by atoms with Crippen LogP contribution < -0.4 is 15.5 Å². The third kappa shape index (κ3) is 3.47. The van der Waals surface area contributed by atoms with E-state index in [4.69, 9.17) is 0 Å². The molecule has 0 fully saturated rings. The summed E-state index contributed by atoms with van der Waals surface area (Å²) >= 11 is 4.38. The summed E-state index contributed by atoms with van der Waals surface area (Å²) in [6.45, 7) is 0.616. The number of carbonyl (C=O) groups is 1. The van der Waals surface area contributed by atoms with Crippen molar-refractivity contribution in [2.24, 2.45) is 0 Å². The Balaban J connectivity index is 1.95. The molecule has 1 aromatic carbocycles. The van der Waals surface area contributed by atoms with Gasteiger partial charge in [0.25, 0.3) is 5.91 Å². The number of amides is 1. The lowest BCUT2D eigenvalue weighted by atomic mass is 10.0. The molecule has 9 heteroatoms. The molecule has 1 amide bonds. The summed E-state index contributed by atoms with van der Waals surface area (Å²) in [4.78, 5) is 16.6. The van der Waals surface area contributed by atoms with Gasteiger partial charge in [-0.05, 0) is 36.4 Å². The standard InChI is InChI=1S/C16H17F3N4OS/c1-20-7-10-6-11(16(17,18)19)3-2-9(10)8-23-12-4-5-21-13(12)14(24)22-15(23)25/h2-6,15,20-21,25H,7-8H2,1H3,(H,22,24). The minimum absolute atomic E-state index is 0.265. The van der Waals surface area contributed by atoms with Crippen molar-refractivity contribution in [1.29, 1.82) is 0 Å². The Morgan fingerprint density at radius 2 is 2.04 bits per heavy atom. The number of nitrogens with one attached hydrogen (secondary N) is 3. The predicted molar refractivity (Wildman–Crippen MR) is 91.4 cm³/mol. The monoisotopic (exact) mass is 370 g/mol. The average Bonchev–Trinajstić information content (AvgIpc) is 3.02. The Morgan fingerprint density at radius 1 is 1.28 bits per heavy atom. The second-order valence-electron chi connectivity index (χ2n) is 5.72. The number of carbonyl (C=O) groups excluding carboxylic acids is 1. The van der Waals surface area contributed by atoms with Crippen LogP contribution in [-0.2, 0) is 19.3 Å². The first-order chi connectivity index (χ1) is 11.8. The summed E-state index contributed by atoms with van der Waals surface area (Å²) in [5.74, 6) is -0.265. The molecule has 1 unspecified atom stereocenters.